The van der Waals surface area contributed by atoms with Crippen LogP contribution in [0.3, 0.4) is 0 Å². The van der Waals surface area contributed by atoms with E-state index in [0.29, 0.717) is 11.3 Å². The second-order valence-corrected chi connectivity index (χ2v) is 4.65. The first-order chi connectivity index (χ1) is 10.4. The van der Waals surface area contributed by atoms with E-state index in [1.807, 2.05) is 0 Å². The molecule has 0 fully saturated rings. The lowest BCUT2D eigenvalue weighted by Gasteiger charge is -1.99. The summed E-state index contributed by atoms with van der Waals surface area (Å²) in [6, 6.07) is 9.29. The number of allylic oxidation sites excluding steroid dienone is 1. The molecule has 6 nitrogen and oxygen atoms in total. The smallest absolute Gasteiger partial charge is 0.280 e. The van der Waals surface area contributed by atoms with Crippen LogP contribution in [0.1, 0.15) is 19.6 Å². The van der Waals surface area contributed by atoms with Crippen molar-refractivity contribution in [2.75, 3.05) is 0 Å². The molecule has 0 aliphatic carbocycles. The van der Waals surface area contributed by atoms with Crippen LogP contribution in [0.5, 0.6) is 0 Å². The zero-order valence-electron chi connectivity index (χ0n) is 12.0. The highest BCUT2D eigenvalue weighted by atomic mass is 16.6. The van der Waals surface area contributed by atoms with E-state index in [2.05, 4.69) is 0 Å². The Morgan fingerprint density at radius 1 is 1.09 bits per heavy atom. The highest BCUT2D eigenvalue weighted by Crippen LogP contribution is 2.31. The summed E-state index contributed by atoms with van der Waals surface area (Å²) in [4.78, 5) is 33.3. The molecule has 0 saturated carbocycles. The van der Waals surface area contributed by atoms with E-state index in [1.54, 1.807) is 30.3 Å². The molecular weight excluding hydrogens is 286 g/mol. The lowest BCUT2D eigenvalue weighted by atomic mass is 10.1. The number of benzene rings is 1. The van der Waals surface area contributed by atoms with Gasteiger partial charge in [0.25, 0.3) is 5.69 Å². The van der Waals surface area contributed by atoms with Gasteiger partial charge in [-0.15, -0.1) is 0 Å². The maximum atomic E-state index is 11.4. The molecule has 0 bridgehead atoms. The molecule has 0 atom stereocenters. The molecule has 1 aromatic heterocycles. The van der Waals surface area contributed by atoms with Crippen LogP contribution >= 0.6 is 0 Å². The Labute approximate surface area is 126 Å². The predicted octanol–water partition coefficient (Wildman–Crippen LogP) is 3.42. The molecule has 1 heterocycles. The monoisotopic (exact) mass is 299 g/mol. The second kappa shape index (κ2) is 6.17. The van der Waals surface area contributed by atoms with Crippen molar-refractivity contribution in [3.8, 4) is 11.3 Å². The molecule has 0 amide bonds. The average molecular weight is 299 g/mol. The van der Waals surface area contributed by atoms with Gasteiger partial charge in [-0.1, -0.05) is 12.1 Å². The van der Waals surface area contributed by atoms with E-state index in [0.717, 1.165) is 0 Å². The molecule has 0 spiro atoms. The number of rotatable bonds is 5. The first-order valence-corrected chi connectivity index (χ1v) is 6.47. The third kappa shape index (κ3) is 3.17. The Morgan fingerprint density at radius 3 is 2.32 bits per heavy atom. The number of nitro benzene ring substituents is 1. The van der Waals surface area contributed by atoms with Crippen LogP contribution in [-0.4, -0.2) is 16.5 Å². The summed E-state index contributed by atoms with van der Waals surface area (Å²) in [6.45, 7) is 2.58. The number of hydrogen-bond acceptors (Lipinski definition) is 5. The number of furan rings is 1. The van der Waals surface area contributed by atoms with Crippen LogP contribution in [-0.2, 0) is 9.59 Å². The molecule has 0 saturated heterocycles. The van der Waals surface area contributed by atoms with E-state index in [1.165, 1.54) is 26.0 Å². The summed E-state index contributed by atoms with van der Waals surface area (Å²) in [7, 11) is 0. The minimum atomic E-state index is -0.496. The van der Waals surface area contributed by atoms with Gasteiger partial charge in [0, 0.05) is 6.07 Å². The Hall–Kier alpha value is -3.02. The number of ketones is 2. The molecule has 112 valence electrons. The number of para-hydroxylation sites is 1. The fraction of sp³-hybridized carbons (Fsp3) is 0.125. The largest absolute Gasteiger partial charge is 0.456 e. The van der Waals surface area contributed by atoms with Gasteiger partial charge in [-0.2, -0.15) is 0 Å². The molecule has 0 radical (unpaired) electrons. The number of hydrogen-bond donors (Lipinski definition) is 0. The van der Waals surface area contributed by atoms with Gasteiger partial charge in [0.2, 0.25) is 0 Å². The van der Waals surface area contributed by atoms with Gasteiger partial charge in [-0.3, -0.25) is 19.7 Å². The minimum absolute atomic E-state index is 0.0171. The summed E-state index contributed by atoms with van der Waals surface area (Å²) >= 11 is 0. The molecule has 6 heteroatoms. The second-order valence-electron chi connectivity index (χ2n) is 4.65. The molecule has 0 N–H and O–H groups in total. The topological polar surface area (TPSA) is 90.4 Å². The van der Waals surface area contributed by atoms with Crippen LogP contribution in [0.2, 0.25) is 0 Å². The van der Waals surface area contributed by atoms with Crippen molar-refractivity contribution in [1.29, 1.82) is 0 Å². The number of nitro groups is 1. The summed E-state index contributed by atoms with van der Waals surface area (Å²) in [5, 5.41) is 11.0. The van der Waals surface area contributed by atoms with Crippen molar-refractivity contribution in [3.05, 3.63) is 57.8 Å². The van der Waals surface area contributed by atoms with Gasteiger partial charge in [-0.25, -0.2) is 0 Å². The van der Waals surface area contributed by atoms with Crippen LogP contribution in [0.15, 0.2) is 46.4 Å². The number of nitrogens with zero attached hydrogens (tertiary/aromatic N) is 1. The maximum absolute atomic E-state index is 11.4. The van der Waals surface area contributed by atoms with Gasteiger partial charge in [0.15, 0.2) is 11.6 Å². The first-order valence-electron chi connectivity index (χ1n) is 6.47. The van der Waals surface area contributed by atoms with Crippen molar-refractivity contribution in [2.45, 2.75) is 13.8 Å². The van der Waals surface area contributed by atoms with Crippen molar-refractivity contribution < 1.29 is 18.9 Å². The summed E-state index contributed by atoms with van der Waals surface area (Å²) in [5.74, 6) is -0.147. The number of carbonyl (C=O) groups excluding carboxylic acids is 2. The average Bonchev–Trinajstić information content (AvgIpc) is 2.92. The third-order valence-electron chi connectivity index (χ3n) is 3.04. The Morgan fingerprint density at radius 2 is 1.73 bits per heavy atom. The molecular formula is C16H13NO5. The lowest BCUT2D eigenvalue weighted by Crippen LogP contribution is -2.05. The fourth-order valence-corrected chi connectivity index (χ4v) is 2.01. The van der Waals surface area contributed by atoms with Gasteiger partial charge in [0.1, 0.15) is 11.5 Å². The van der Waals surface area contributed by atoms with E-state index < -0.39 is 4.92 Å². The third-order valence-corrected chi connectivity index (χ3v) is 3.04. The van der Waals surface area contributed by atoms with Crippen molar-refractivity contribution in [3.63, 3.8) is 0 Å². The summed E-state index contributed by atoms with van der Waals surface area (Å²) < 4.78 is 5.51. The molecule has 2 rings (SSSR count). The van der Waals surface area contributed by atoms with E-state index in [9.17, 15) is 19.7 Å². The van der Waals surface area contributed by atoms with E-state index >= 15 is 0 Å². The molecule has 0 unspecified atom stereocenters. The van der Waals surface area contributed by atoms with Crippen LogP contribution in [0.4, 0.5) is 5.69 Å². The maximum Gasteiger partial charge on any atom is 0.280 e. The summed E-state index contributed by atoms with van der Waals surface area (Å²) in [5.41, 5.74) is 0.272. The highest BCUT2D eigenvalue weighted by molar-refractivity contribution is 6.21. The molecule has 0 aliphatic rings. The number of Topliss-reactive ketones (excluding diaryl/α,β-unsaturated/α-hetero) is 2. The molecule has 2 aromatic rings. The standard InChI is InChI=1S/C16H13NO5/c1-10(18)14(11(2)19)9-12-7-8-16(22-12)13-5-3-4-6-15(13)17(20)21/h3-9H,1-2H3. The van der Waals surface area contributed by atoms with Gasteiger partial charge < -0.3 is 4.42 Å². The zero-order chi connectivity index (χ0) is 16.3. The minimum Gasteiger partial charge on any atom is -0.456 e. The van der Waals surface area contributed by atoms with Crippen molar-refractivity contribution >= 4 is 23.3 Å². The Balaban J connectivity index is 2.45. The van der Waals surface area contributed by atoms with Gasteiger partial charge >= 0.3 is 0 Å². The van der Waals surface area contributed by atoms with Gasteiger partial charge in [-0.05, 0) is 38.1 Å². The van der Waals surface area contributed by atoms with Crippen LogP contribution in [0.25, 0.3) is 17.4 Å². The van der Waals surface area contributed by atoms with Crippen molar-refractivity contribution in [1.82, 2.24) is 0 Å². The first kappa shape index (κ1) is 15.4. The van der Waals surface area contributed by atoms with E-state index in [4.69, 9.17) is 4.42 Å². The SMILES string of the molecule is CC(=O)C(=Cc1ccc(-c2ccccc2[N+](=O)[O-])o1)C(C)=O. The Bertz CT molecular complexity index is 769. The molecule has 22 heavy (non-hydrogen) atoms. The highest BCUT2D eigenvalue weighted by Gasteiger charge is 2.17. The molecule has 1 aromatic carbocycles. The molecule has 0 aliphatic heterocycles. The lowest BCUT2D eigenvalue weighted by molar-refractivity contribution is -0.384. The van der Waals surface area contributed by atoms with Gasteiger partial charge in [0.05, 0.1) is 16.1 Å². The van der Waals surface area contributed by atoms with Crippen LogP contribution in [0, 0.1) is 10.1 Å². The summed E-state index contributed by atoms with van der Waals surface area (Å²) in [6.07, 6.45) is 1.34. The van der Waals surface area contributed by atoms with E-state index in [-0.39, 0.29) is 28.6 Å². The van der Waals surface area contributed by atoms with Crippen molar-refractivity contribution in [2.24, 2.45) is 0 Å². The Kier molecular flexibility index (Phi) is 4.31. The zero-order valence-corrected chi connectivity index (χ0v) is 12.0. The number of carbonyl (C=O) groups is 2. The predicted molar refractivity (Wildman–Crippen MR) is 80.1 cm³/mol. The quantitative estimate of drug-likeness (QED) is 0.277. The normalized spacial score (nSPS) is 10.1. The fourth-order valence-electron chi connectivity index (χ4n) is 2.01. The van der Waals surface area contributed by atoms with Crippen LogP contribution < -0.4 is 0 Å².